The largest absolute Gasteiger partial charge is 0.329 e. The van der Waals surface area contributed by atoms with Crippen molar-refractivity contribution in [2.24, 2.45) is 5.73 Å². The average Bonchev–Trinajstić information content (AvgIpc) is 3.16. The van der Waals surface area contributed by atoms with E-state index in [0.717, 1.165) is 34.2 Å². The minimum atomic E-state index is 0.562. The summed E-state index contributed by atoms with van der Waals surface area (Å²) in [5.41, 5.74) is 10.1. The Morgan fingerprint density at radius 3 is 2.59 bits per heavy atom. The molecule has 8 nitrogen and oxygen atoms in total. The number of aromatic nitrogens is 7. The molecule has 0 aromatic carbocycles. The van der Waals surface area contributed by atoms with Crippen LogP contribution in [0, 0.1) is 6.92 Å². The average molecular weight is 386 g/mol. The first-order chi connectivity index (χ1) is 14.2. The fourth-order valence-electron chi connectivity index (χ4n) is 3.03. The molecule has 0 aliphatic heterocycles. The second-order valence-corrected chi connectivity index (χ2v) is 6.75. The van der Waals surface area contributed by atoms with Gasteiger partial charge in [0.1, 0.15) is 11.5 Å². The molecule has 0 bridgehead atoms. The first kappa shape index (κ1) is 18.8. The van der Waals surface area contributed by atoms with Crippen molar-refractivity contribution in [3.8, 4) is 11.5 Å². The van der Waals surface area contributed by atoms with Gasteiger partial charge in [-0.1, -0.05) is 6.07 Å². The molecule has 0 radical (unpaired) electrons. The lowest BCUT2D eigenvalue weighted by molar-refractivity contribution is 0.624. The summed E-state index contributed by atoms with van der Waals surface area (Å²) in [6, 6.07) is 9.64. The fourth-order valence-corrected chi connectivity index (χ4v) is 3.03. The predicted octanol–water partition coefficient (Wildman–Crippen LogP) is 1.97. The summed E-state index contributed by atoms with van der Waals surface area (Å²) in [7, 11) is 0. The molecule has 4 aromatic rings. The van der Waals surface area contributed by atoms with E-state index in [9.17, 15) is 0 Å². The molecule has 4 rings (SSSR count). The summed E-state index contributed by atoms with van der Waals surface area (Å²) in [5.74, 6) is 1.37. The summed E-state index contributed by atoms with van der Waals surface area (Å²) < 4.78 is 1.83. The Hall–Kier alpha value is -3.52. The van der Waals surface area contributed by atoms with E-state index < -0.39 is 0 Å². The maximum Gasteiger partial charge on any atom is 0.178 e. The van der Waals surface area contributed by atoms with Crippen LogP contribution in [-0.4, -0.2) is 41.2 Å². The molecule has 8 heteroatoms. The Morgan fingerprint density at radius 2 is 1.76 bits per heavy atom. The molecule has 0 atom stereocenters. The van der Waals surface area contributed by atoms with E-state index in [-0.39, 0.29) is 0 Å². The van der Waals surface area contributed by atoms with Crippen LogP contribution in [0.15, 0.2) is 55.1 Å². The third kappa shape index (κ3) is 4.85. The number of aryl methyl sites for hydroxylation is 1. The number of rotatable bonds is 7. The number of pyridine rings is 1. The molecular weight excluding hydrogens is 364 g/mol. The van der Waals surface area contributed by atoms with Gasteiger partial charge in [-0.25, -0.2) is 24.9 Å². The first-order valence-corrected chi connectivity index (χ1v) is 9.48. The number of nitrogens with two attached hydrogens (primary N) is 1. The molecule has 4 aromatic heterocycles. The highest BCUT2D eigenvalue weighted by atomic mass is 15.3. The van der Waals surface area contributed by atoms with E-state index >= 15 is 0 Å². The number of nitrogens with zero attached hydrogens (tertiary/aromatic N) is 7. The molecule has 0 saturated heterocycles. The van der Waals surface area contributed by atoms with Crippen molar-refractivity contribution in [3.63, 3.8) is 0 Å². The summed E-state index contributed by atoms with van der Waals surface area (Å²) in [6.45, 7) is 3.22. The standard InChI is InChI=1S/C21H22N8/c1-15-3-2-4-19(26-15)21-24-9-6-18(28-21)12-17-5-8-23-20(27-17)11-16-13-25-29(14-16)10-7-22/h2-6,8-9,13-14H,7,10-12,22H2,1H3. The summed E-state index contributed by atoms with van der Waals surface area (Å²) >= 11 is 0. The highest BCUT2D eigenvalue weighted by Gasteiger charge is 2.08. The molecular formula is C21H22N8. The highest BCUT2D eigenvalue weighted by Crippen LogP contribution is 2.14. The zero-order valence-electron chi connectivity index (χ0n) is 16.2. The van der Waals surface area contributed by atoms with Gasteiger partial charge in [-0.05, 0) is 36.8 Å². The minimum Gasteiger partial charge on any atom is -0.329 e. The normalized spacial score (nSPS) is 11.0. The quantitative estimate of drug-likeness (QED) is 0.517. The lowest BCUT2D eigenvalue weighted by atomic mass is 10.2. The van der Waals surface area contributed by atoms with Gasteiger partial charge in [0.2, 0.25) is 0 Å². The Balaban J connectivity index is 1.50. The highest BCUT2D eigenvalue weighted by molar-refractivity contribution is 5.49. The third-order valence-corrected chi connectivity index (χ3v) is 4.36. The molecule has 0 amide bonds. The van der Waals surface area contributed by atoms with E-state index in [0.29, 0.717) is 31.8 Å². The topological polar surface area (TPSA) is 108 Å². The summed E-state index contributed by atoms with van der Waals surface area (Å²) in [6.07, 6.45) is 8.58. The predicted molar refractivity (Wildman–Crippen MR) is 109 cm³/mol. The molecule has 0 aliphatic carbocycles. The number of hydrogen-bond acceptors (Lipinski definition) is 7. The lowest BCUT2D eigenvalue weighted by Gasteiger charge is -2.05. The van der Waals surface area contributed by atoms with Crippen LogP contribution in [0.1, 0.15) is 28.5 Å². The minimum absolute atomic E-state index is 0.562. The second-order valence-electron chi connectivity index (χ2n) is 6.75. The van der Waals surface area contributed by atoms with Gasteiger partial charge in [0.25, 0.3) is 0 Å². The maximum atomic E-state index is 5.57. The van der Waals surface area contributed by atoms with Crippen LogP contribution in [0.2, 0.25) is 0 Å². The van der Waals surface area contributed by atoms with Crippen LogP contribution < -0.4 is 5.73 Å². The Labute approximate surface area is 168 Å². The van der Waals surface area contributed by atoms with Crippen LogP contribution in [0.4, 0.5) is 0 Å². The van der Waals surface area contributed by atoms with E-state index in [1.165, 1.54) is 0 Å². The molecule has 0 unspecified atom stereocenters. The van der Waals surface area contributed by atoms with Gasteiger partial charge in [0.05, 0.1) is 24.1 Å². The first-order valence-electron chi connectivity index (χ1n) is 9.48. The molecule has 0 fully saturated rings. The number of hydrogen-bond donors (Lipinski definition) is 1. The van der Waals surface area contributed by atoms with Crippen molar-refractivity contribution in [2.45, 2.75) is 26.3 Å². The van der Waals surface area contributed by atoms with Gasteiger partial charge in [0, 0.05) is 43.7 Å². The lowest BCUT2D eigenvalue weighted by Crippen LogP contribution is -2.09. The van der Waals surface area contributed by atoms with Crippen LogP contribution >= 0.6 is 0 Å². The van der Waals surface area contributed by atoms with Crippen molar-refractivity contribution in [1.29, 1.82) is 0 Å². The Kier molecular flexibility index (Phi) is 5.62. The third-order valence-electron chi connectivity index (χ3n) is 4.36. The van der Waals surface area contributed by atoms with E-state index in [2.05, 4.69) is 30.0 Å². The molecule has 146 valence electrons. The van der Waals surface area contributed by atoms with Gasteiger partial charge in [-0.2, -0.15) is 5.10 Å². The van der Waals surface area contributed by atoms with Crippen molar-refractivity contribution in [2.75, 3.05) is 6.54 Å². The van der Waals surface area contributed by atoms with Gasteiger partial charge >= 0.3 is 0 Å². The molecule has 29 heavy (non-hydrogen) atoms. The maximum absolute atomic E-state index is 5.57. The van der Waals surface area contributed by atoms with E-state index in [1.54, 1.807) is 12.4 Å². The van der Waals surface area contributed by atoms with Crippen LogP contribution in [0.5, 0.6) is 0 Å². The SMILES string of the molecule is Cc1cccc(-c2nccc(Cc3ccnc(Cc4cnn(CCN)c4)n3)n2)n1. The molecule has 0 spiro atoms. The second kappa shape index (κ2) is 8.66. The van der Waals surface area contributed by atoms with Crippen LogP contribution in [0.3, 0.4) is 0 Å². The summed E-state index contributed by atoms with van der Waals surface area (Å²) in [5, 5.41) is 4.30. The fraction of sp³-hybridized carbons (Fsp3) is 0.238. The van der Waals surface area contributed by atoms with Crippen molar-refractivity contribution in [3.05, 3.63) is 83.6 Å². The van der Waals surface area contributed by atoms with Gasteiger partial charge < -0.3 is 5.73 Å². The molecule has 2 N–H and O–H groups in total. The zero-order chi connectivity index (χ0) is 20.1. The van der Waals surface area contributed by atoms with Crippen LogP contribution in [0.25, 0.3) is 11.5 Å². The molecule has 0 aliphatic rings. The Bertz CT molecular complexity index is 1110. The summed E-state index contributed by atoms with van der Waals surface area (Å²) in [4.78, 5) is 22.6. The van der Waals surface area contributed by atoms with Gasteiger partial charge in [-0.3, -0.25) is 4.68 Å². The van der Waals surface area contributed by atoms with E-state index in [1.807, 2.05) is 54.3 Å². The molecule has 0 saturated carbocycles. The van der Waals surface area contributed by atoms with Gasteiger partial charge in [0.15, 0.2) is 5.82 Å². The van der Waals surface area contributed by atoms with Gasteiger partial charge in [-0.15, -0.1) is 0 Å². The monoisotopic (exact) mass is 386 g/mol. The smallest absolute Gasteiger partial charge is 0.178 e. The van der Waals surface area contributed by atoms with Crippen molar-refractivity contribution in [1.82, 2.24) is 34.7 Å². The van der Waals surface area contributed by atoms with Crippen LogP contribution in [-0.2, 0) is 19.4 Å². The molecule has 4 heterocycles. The zero-order valence-corrected chi connectivity index (χ0v) is 16.2. The van der Waals surface area contributed by atoms with E-state index in [4.69, 9.17) is 5.73 Å². The van der Waals surface area contributed by atoms with Crippen molar-refractivity contribution < 1.29 is 0 Å². The van der Waals surface area contributed by atoms with Crippen molar-refractivity contribution >= 4 is 0 Å². The Morgan fingerprint density at radius 1 is 0.931 bits per heavy atom.